The zero-order chi connectivity index (χ0) is 20.3. The number of carbonyl (C=O) groups excluding carboxylic acids is 1. The molecule has 3 rings (SSSR count). The van der Waals surface area contributed by atoms with E-state index in [1.807, 2.05) is 4.90 Å². The molecule has 0 saturated carbocycles. The summed E-state index contributed by atoms with van der Waals surface area (Å²) in [7, 11) is 0. The fraction of sp³-hybridized carbons (Fsp3) is 0.222. The third-order valence-corrected chi connectivity index (χ3v) is 5.02. The van der Waals surface area contributed by atoms with Crippen LogP contribution in [0.2, 0.25) is 5.02 Å². The normalized spacial score (nSPS) is 13.9. The molecule has 0 bridgehead atoms. The Hall–Kier alpha value is -2.78. The molecule has 1 saturated heterocycles. The predicted molar refractivity (Wildman–Crippen MR) is 108 cm³/mol. The van der Waals surface area contributed by atoms with E-state index in [9.17, 15) is 19.3 Å². The number of nitrogens with one attached hydrogen (secondary N) is 1. The van der Waals surface area contributed by atoms with Crippen molar-refractivity contribution in [3.05, 3.63) is 69.0 Å². The lowest BCUT2D eigenvalue weighted by molar-refractivity contribution is -0.384. The Morgan fingerprint density at radius 3 is 2.50 bits per heavy atom. The lowest BCUT2D eigenvalue weighted by Crippen LogP contribution is -2.52. The first-order chi connectivity index (χ1) is 13.4. The lowest BCUT2D eigenvalue weighted by atomic mass is 10.2. The molecule has 1 N–H and O–H groups in total. The highest BCUT2D eigenvalue weighted by Crippen LogP contribution is 2.35. The lowest BCUT2D eigenvalue weighted by Gasteiger charge is -2.37. The average molecular weight is 423 g/mol. The Bertz CT molecular complexity index is 935. The molecule has 28 heavy (non-hydrogen) atoms. The minimum absolute atomic E-state index is 0.0528. The number of hydrogen-bond donors (Lipinski definition) is 1. The van der Waals surface area contributed by atoms with Crippen molar-refractivity contribution < 1.29 is 14.1 Å². The summed E-state index contributed by atoms with van der Waals surface area (Å²) in [5.74, 6) is -0.998. The highest BCUT2D eigenvalue weighted by Gasteiger charge is 2.27. The summed E-state index contributed by atoms with van der Waals surface area (Å²) in [6, 6.07) is 9.89. The van der Waals surface area contributed by atoms with Gasteiger partial charge in [-0.25, -0.2) is 4.39 Å². The number of hydrogen-bond acceptors (Lipinski definition) is 5. The van der Waals surface area contributed by atoms with E-state index < -0.39 is 16.6 Å². The number of para-hydroxylation sites is 1. The molecule has 10 heteroatoms. The van der Waals surface area contributed by atoms with E-state index in [1.54, 1.807) is 11.0 Å². The number of anilines is 1. The fourth-order valence-electron chi connectivity index (χ4n) is 2.98. The van der Waals surface area contributed by atoms with Crippen LogP contribution in [0.25, 0.3) is 0 Å². The number of amides is 1. The number of nitro groups is 1. The van der Waals surface area contributed by atoms with Crippen molar-refractivity contribution in [1.29, 1.82) is 0 Å². The highest BCUT2D eigenvalue weighted by atomic mass is 35.5. The zero-order valence-corrected chi connectivity index (χ0v) is 16.2. The Kier molecular flexibility index (Phi) is 6.05. The van der Waals surface area contributed by atoms with Crippen molar-refractivity contribution >= 4 is 46.2 Å². The van der Waals surface area contributed by atoms with Crippen LogP contribution in [-0.4, -0.2) is 47.0 Å². The summed E-state index contributed by atoms with van der Waals surface area (Å²) >= 11 is 11.5. The SMILES string of the molecule is O=C(NC(=S)N1CCN(c2c(Cl)cccc2[N+](=O)[O-])CC1)c1cccc(F)c1. The van der Waals surface area contributed by atoms with Crippen LogP contribution in [0, 0.1) is 15.9 Å². The molecule has 0 spiro atoms. The van der Waals surface area contributed by atoms with Gasteiger partial charge in [-0.05, 0) is 36.5 Å². The van der Waals surface area contributed by atoms with E-state index in [0.717, 1.165) is 6.07 Å². The third-order valence-electron chi connectivity index (χ3n) is 4.35. The summed E-state index contributed by atoms with van der Waals surface area (Å²) < 4.78 is 13.3. The van der Waals surface area contributed by atoms with E-state index in [-0.39, 0.29) is 16.4 Å². The molecule has 146 valence electrons. The monoisotopic (exact) mass is 422 g/mol. The summed E-state index contributed by atoms with van der Waals surface area (Å²) in [6.07, 6.45) is 0. The summed E-state index contributed by atoms with van der Waals surface area (Å²) in [5.41, 5.74) is 0.499. The van der Waals surface area contributed by atoms with Gasteiger partial charge in [-0.15, -0.1) is 0 Å². The summed E-state index contributed by atoms with van der Waals surface area (Å²) in [4.78, 5) is 26.6. The van der Waals surface area contributed by atoms with Crippen molar-refractivity contribution in [2.24, 2.45) is 0 Å². The minimum Gasteiger partial charge on any atom is -0.361 e. The van der Waals surface area contributed by atoms with Gasteiger partial charge < -0.3 is 9.80 Å². The molecule has 7 nitrogen and oxygen atoms in total. The number of benzene rings is 2. The second kappa shape index (κ2) is 8.49. The van der Waals surface area contributed by atoms with Crippen LogP contribution in [0.5, 0.6) is 0 Å². The van der Waals surface area contributed by atoms with Crippen LogP contribution in [0.1, 0.15) is 10.4 Å². The molecule has 1 amide bonds. The quantitative estimate of drug-likeness (QED) is 0.465. The van der Waals surface area contributed by atoms with Crippen molar-refractivity contribution in [3.63, 3.8) is 0 Å². The molecular formula is C18H16ClFN4O3S. The molecule has 0 atom stereocenters. The van der Waals surface area contributed by atoms with Crippen LogP contribution in [0.3, 0.4) is 0 Å². The molecule has 1 aliphatic rings. The van der Waals surface area contributed by atoms with Gasteiger partial charge in [0.25, 0.3) is 11.6 Å². The van der Waals surface area contributed by atoms with Crippen LogP contribution in [-0.2, 0) is 0 Å². The topological polar surface area (TPSA) is 78.7 Å². The van der Waals surface area contributed by atoms with E-state index >= 15 is 0 Å². The average Bonchev–Trinajstić information content (AvgIpc) is 2.67. The van der Waals surface area contributed by atoms with Gasteiger partial charge in [0.15, 0.2) is 5.11 Å². The first-order valence-electron chi connectivity index (χ1n) is 8.40. The van der Waals surface area contributed by atoms with Gasteiger partial charge in [-0.3, -0.25) is 20.2 Å². The number of nitro benzene ring substituents is 1. The van der Waals surface area contributed by atoms with Gasteiger partial charge in [0.2, 0.25) is 0 Å². The van der Waals surface area contributed by atoms with Gasteiger partial charge in [-0.1, -0.05) is 23.7 Å². The van der Waals surface area contributed by atoms with Crippen LogP contribution < -0.4 is 10.2 Å². The molecule has 1 aliphatic heterocycles. The van der Waals surface area contributed by atoms with Crippen molar-refractivity contribution in [2.45, 2.75) is 0 Å². The summed E-state index contributed by atoms with van der Waals surface area (Å²) in [5, 5.41) is 14.4. The molecular weight excluding hydrogens is 407 g/mol. The van der Waals surface area contributed by atoms with E-state index in [0.29, 0.717) is 36.9 Å². The predicted octanol–water partition coefficient (Wildman–Crippen LogP) is 3.22. The van der Waals surface area contributed by atoms with Crippen LogP contribution in [0.15, 0.2) is 42.5 Å². The fourth-order valence-corrected chi connectivity index (χ4v) is 3.54. The zero-order valence-electron chi connectivity index (χ0n) is 14.6. The highest BCUT2D eigenvalue weighted by molar-refractivity contribution is 7.80. The molecule has 0 aliphatic carbocycles. The van der Waals surface area contributed by atoms with Gasteiger partial charge in [0, 0.05) is 37.8 Å². The first-order valence-corrected chi connectivity index (χ1v) is 9.19. The van der Waals surface area contributed by atoms with Gasteiger partial charge >= 0.3 is 0 Å². The molecule has 0 radical (unpaired) electrons. The Balaban J connectivity index is 1.64. The number of halogens is 2. The summed E-state index contributed by atoms with van der Waals surface area (Å²) in [6.45, 7) is 1.79. The molecule has 2 aromatic carbocycles. The number of nitrogens with zero attached hydrogens (tertiary/aromatic N) is 3. The second-order valence-electron chi connectivity index (χ2n) is 6.11. The van der Waals surface area contributed by atoms with Crippen molar-refractivity contribution in [1.82, 2.24) is 10.2 Å². The van der Waals surface area contributed by atoms with E-state index in [2.05, 4.69) is 5.32 Å². The Labute approximate surface area is 170 Å². The largest absolute Gasteiger partial charge is 0.361 e. The Morgan fingerprint density at radius 1 is 1.18 bits per heavy atom. The number of rotatable bonds is 3. The van der Waals surface area contributed by atoms with Crippen molar-refractivity contribution in [2.75, 3.05) is 31.1 Å². The van der Waals surface area contributed by atoms with E-state index in [1.165, 1.54) is 30.3 Å². The van der Waals surface area contributed by atoms with Gasteiger partial charge in [0.1, 0.15) is 11.5 Å². The standard InChI is InChI=1S/C18H16ClFN4O3S/c19-14-5-2-6-15(24(26)27)16(14)22-7-9-23(10-8-22)18(28)21-17(25)12-3-1-4-13(20)11-12/h1-6,11H,7-10H2,(H,21,25,28). The number of carbonyl (C=O) groups is 1. The smallest absolute Gasteiger partial charge is 0.294 e. The molecule has 2 aromatic rings. The third kappa shape index (κ3) is 4.37. The maximum Gasteiger partial charge on any atom is 0.294 e. The minimum atomic E-state index is -0.506. The number of thiocarbonyl (C=S) groups is 1. The Morgan fingerprint density at radius 2 is 1.86 bits per heavy atom. The molecule has 1 fully saturated rings. The van der Waals surface area contributed by atoms with E-state index in [4.69, 9.17) is 23.8 Å². The number of piperazine rings is 1. The van der Waals surface area contributed by atoms with Gasteiger partial charge in [-0.2, -0.15) is 0 Å². The first kappa shape index (κ1) is 20.0. The molecule has 0 aromatic heterocycles. The van der Waals surface area contributed by atoms with Crippen LogP contribution >= 0.6 is 23.8 Å². The molecule has 1 heterocycles. The van der Waals surface area contributed by atoms with Crippen molar-refractivity contribution in [3.8, 4) is 0 Å². The molecule has 0 unspecified atom stereocenters. The maximum atomic E-state index is 13.3. The maximum absolute atomic E-state index is 13.3. The second-order valence-corrected chi connectivity index (χ2v) is 6.90. The van der Waals surface area contributed by atoms with Crippen LogP contribution in [0.4, 0.5) is 15.8 Å². The van der Waals surface area contributed by atoms with Gasteiger partial charge in [0.05, 0.1) is 9.95 Å².